The predicted molar refractivity (Wildman–Crippen MR) is 70.8 cm³/mol. The lowest BCUT2D eigenvalue weighted by molar-refractivity contribution is 0.563. The highest BCUT2D eigenvalue weighted by Gasteiger charge is 2.14. The van der Waals surface area contributed by atoms with Crippen molar-refractivity contribution < 1.29 is 17.5 Å². The van der Waals surface area contributed by atoms with Crippen molar-refractivity contribution in [2.75, 3.05) is 11.5 Å². The van der Waals surface area contributed by atoms with E-state index in [4.69, 9.17) is 11.5 Å². The van der Waals surface area contributed by atoms with E-state index in [0.29, 0.717) is 10.8 Å². The Hall–Kier alpha value is -1.48. The van der Waals surface area contributed by atoms with Gasteiger partial charge in [-0.15, -0.1) is 0 Å². The van der Waals surface area contributed by atoms with Gasteiger partial charge in [0.2, 0.25) is 0 Å². The van der Waals surface area contributed by atoms with E-state index < -0.39 is 22.2 Å². The molecular weight excluding hydrogens is 276 g/mol. The van der Waals surface area contributed by atoms with Gasteiger partial charge in [-0.05, 0) is 24.3 Å². The average Bonchev–Trinajstić information content (AvgIpc) is 2.27. The Morgan fingerprint density at radius 2 is 1.11 bits per heavy atom. The second-order valence-electron chi connectivity index (χ2n) is 3.63. The SMILES string of the molecule is Nc1cc(S(=O)O)c2cc(N)cc(S(=O)O)c2c1. The first-order valence-electron chi connectivity index (χ1n) is 4.74. The molecule has 2 aromatic rings. The van der Waals surface area contributed by atoms with E-state index in [9.17, 15) is 17.5 Å². The van der Waals surface area contributed by atoms with Crippen LogP contribution in [0.25, 0.3) is 10.8 Å². The van der Waals surface area contributed by atoms with Crippen molar-refractivity contribution in [1.82, 2.24) is 0 Å². The maximum Gasteiger partial charge on any atom is 0.187 e. The van der Waals surface area contributed by atoms with Crippen molar-refractivity contribution in [2.45, 2.75) is 9.79 Å². The van der Waals surface area contributed by atoms with Crippen molar-refractivity contribution >= 4 is 44.3 Å². The molecule has 0 saturated heterocycles. The zero-order valence-corrected chi connectivity index (χ0v) is 10.6. The Morgan fingerprint density at radius 3 is 1.39 bits per heavy atom. The van der Waals surface area contributed by atoms with Gasteiger partial charge in [-0.3, -0.25) is 0 Å². The number of nitrogens with two attached hydrogens (primary N) is 2. The molecule has 2 aromatic carbocycles. The van der Waals surface area contributed by atoms with Gasteiger partial charge in [-0.25, -0.2) is 8.42 Å². The van der Waals surface area contributed by atoms with Crippen LogP contribution in [0, 0.1) is 0 Å². The minimum Gasteiger partial charge on any atom is -0.399 e. The second kappa shape index (κ2) is 4.65. The van der Waals surface area contributed by atoms with Gasteiger partial charge in [0.25, 0.3) is 0 Å². The first-order valence-corrected chi connectivity index (χ1v) is 6.96. The van der Waals surface area contributed by atoms with E-state index in [1.807, 2.05) is 0 Å². The molecule has 96 valence electrons. The molecule has 0 fully saturated rings. The third-order valence-electron chi connectivity index (χ3n) is 2.41. The van der Waals surface area contributed by atoms with Gasteiger partial charge >= 0.3 is 0 Å². The van der Waals surface area contributed by atoms with Crippen LogP contribution in [0.15, 0.2) is 34.1 Å². The summed E-state index contributed by atoms with van der Waals surface area (Å²) < 4.78 is 40.9. The Kier molecular flexibility index (Phi) is 3.35. The summed E-state index contributed by atoms with van der Waals surface area (Å²) >= 11 is -4.52. The molecule has 0 heterocycles. The highest BCUT2D eigenvalue weighted by molar-refractivity contribution is 7.80. The molecule has 0 bridgehead atoms. The molecule has 2 rings (SSSR count). The predicted octanol–water partition coefficient (Wildman–Crippen LogP) is 1.17. The number of anilines is 2. The molecule has 8 heteroatoms. The monoisotopic (exact) mass is 286 g/mol. The number of benzene rings is 2. The molecule has 18 heavy (non-hydrogen) atoms. The standard InChI is InChI=1S/C10H10N2O4S2/c11-5-1-7-8(10(3-5)18(15)16)2-6(12)4-9(7)17(13)14/h1-4H,11-12H2,(H,13,14)(H,15,16). The van der Waals surface area contributed by atoms with Crippen LogP contribution in [-0.4, -0.2) is 17.5 Å². The first-order chi connectivity index (χ1) is 8.40. The van der Waals surface area contributed by atoms with Crippen molar-refractivity contribution in [1.29, 1.82) is 0 Å². The fourth-order valence-corrected chi connectivity index (χ4v) is 2.91. The van der Waals surface area contributed by atoms with Crippen LogP contribution in [0.1, 0.15) is 0 Å². The molecule has 0 aliphatic rings. The average molecular weight is 286 g/mol. The number of hydrogen-bond acceptors (Lipinski definition) is 4. The van der Waals surface area contributed by atoms with Crippen LogP contribution in [0.5, 0.6) is 0 Å². The summed E-state index contributed by atoms with van der Waals surface area (Å²) in [7, 11) is 0. The van der Waals surface area contributed by atoms with Gasteiger partial charge in [0.1, 0.15) is 0 Å². The molecule has 0 amide bonds. The Labute approximate surface area is 108 Å². The Morgan fingerprint density at radius 1 is 0.778 bits per heavy atom. The second-order valence-corrected chi connectivity index (χ2v) is 5.51. The molecule has 0 spiro atoms. The molecule has 0 radical (unpaired) electrons. The largest absolute Gasteiger partial charge is 0.399 e. The fourth-order valence-electron chi connectivity index (χ4n) is 1.73. The van der Waals surface area contributed by atoms with Crippen molar-refractivity contribution in [2.24, 2.45) is 0 Å². The number of rotatable bonds is 2. The van der Waals surface area contributed by atoms with Crippen LogP contribution in [0.2, 0.25) is 0 Å². The summed E-state index contributed by atoms with van der Waals surface area (Å²) in [5, 5.41) is 0.671. The highest BCUT2D eigenvalue weighted by Crippen LogP contribution is 2.31. The smallest absolute Gasteiger partial charge is 0.187 e. The van der Waals surface area contributed by atoms with Gasteiger partial charge in [-0.1, -0.05) is 0 Å². The van der Waals surface area contributed by atoms with Gasteiger partial charge in [0, 0.05) is 22.1 Å². The molecule has 2 atom stereocenters. The zero-order chi connectivity index (χ0) is 13.4. The van der Waals surface area contributed by atoms with Crippen molar-refractivity contribution in [3.63, 3.8) is 0 Å². The lowest BCUT2D eigenvalue weighted by Gasteiger charge is -2.09. The van der Waals surface area contributed by atoms with E-state index in [1.54, 1.807) is 0 Å². The van der Waals surface area contributed by atoms with Crippen LogP contribution in [-0.2, 0) is 22.2 Å². The van der Waals surface area contributed by atoms with E-state index in [1.165, 1.54) is 24.3 Å². The highest BCUT2D eigenvalue weighted by atomic mass is 32.2. The molecule has 0 aliphatic carbocycles. The van der Waals surface area contributed by atoms with Gasteiger partial charge in [0.05, 0.1) is 9.79 Å². The lowest BCUT2D eigenvalue weighted by Crippen LogP contribution is -1.99. The van der Waals surface area contributed by atoms with E-state index in [0.717, 1.165) is 0 Å². The fraction of sp³-hybridized carbons (Fsp3) is 0. The molecule has 6 N–H and O–H groups in total. The van der Waals surface area contributed by atoms with E-state index >= 15 is 0 Å². The molecule has 2 unspecified atom stereocenters. The topological polar surface area (TPSA) is 127 Å². The summed E-state index contributed by atoms with van der Waals surface area (Å²) in [5.41, 5.74) is 11.7. The quantitative estimate of drug-likeness (QED) is 0.485. The van der Waals surface area contributed by atoms with Crippen LogP contribution in [0.4, 0.5) is 11.4 Å². The molecule has 6 nitrogen and oxygen atoms in total. The number of hydrogen-bond donors (Lipinski definition) is 4. The maximum atomic E-state index is 11.2. The summed E-state index contributed by atoms with van der Waals surface area (Å²) in [4.78, 5) is 0.119. The third kappa shape index (κ3) is 2.23. The van der Waals surface area contributed by atoms with E-state index in [-0.39, 0.29) is 21.2 Å². The molecule has 0 saturated carbocycles. The van der Waals surface area contributed by atoms with Gasteiger partial charge in [0.15, 0.2) is 22.2 Å². The van der Waals surface area contributed by atoms with Crippen molar-refractivity contribution in [3.05, 3.63) is 24.3 Å². The number of fused-ring (bicyclic) bond motifs is 1. The summed E-state index contributed by atoms with van der Waals surface area (Å²) in [6.45, 7) is 0. The Bertz CT molecular complexity index is 628. The normalized spacial score (nSPS) is 14.6. The minimum atomic E-state index is -2.26. The lowest BCUT2D eigenvalue weighted by atomic mass is 10.1. The van der Waals surface area contributed by atoms with E-state index in [2.05, 4.69) is 0 Å². The van der Waals surface area contributed by atoms with Gasteiger partial charge < -0.3 is 20.6 Å². The summed E-state index contributed by atoms with van der Waals surface area (Å²) in [5.74, 6) is 0. The number of nitrogen functional groups attached to an aromatic ring is 2. The third-order valence-corrected chi connectivity index (χ3v) is 3.84. The molecular formula is C10H10N2O4S2. The maximum absolute atomic E-state index is 11.2. The van der Waals surface area contributed by atoms with Crippen LogP contribution < -0.4 is 11.5 Å². The summed E-state index contributed by atoms with van der Waals surface area (Å²) in [6, 6.07) is 5.60. The molecule has 0 aromatic heterocycles. The first kappa shape index (κ1) is 13.0. The van der Waals surface area contributed by atoms with Crippen LogP contribution in [0.3, 0.4) is 0 Å². The zero-order valence-electron chi connectivity index (χ0n) is 8.99. The van der Waals surface area contributed by atoms with Gasteiger partial charge in [-0.2, -0.15) is 0 Å². The van der Waals surface area contributed by atoms with Crippen molar-refractivity contribution in [3.8, 4) is 0 Å². The summed E-state index contributed by atoms with van der Waals surface area (Å²) in [6.07, 6.45) is 0. The Balaban J connectivity index is 2.98. The minimum absolute atomic E-state index is 0.0593. The molecule has 0 aliphatic heterocycles. The van der Waals surface area contributed by atoms with Crippen LogP contribution >= 0.6 is 0 Å².